The van der Waals surface area contributed by atoms with Gasteiger partial charge in [0, 0.05) is 24.3 Å². The number of aliphatic hydroxyl groups excluding tert-OH is 1. The maximum atomic E-state index is 11.1. The molecule has 3 atom stereocenters. The molecule has 0 aliphatic rings. The molecule has 0 spiro atoms. The fraction of sp³-hybridized carbons (Fsp3) is 1.00. The van der Waals surface area contributed by atoms with E-state index in [1.165, 1.54) is 6.26 Å². The SMILES string of the molecule is CCC(C)(CNC(C)CS(C)(=O)=O)C(C)O. The Morgan fingerprint density at radius 2 is 1.88 bits per heavy atom. The number of aliphatic hydroxyl groups is 1. The zero-order valence-corrected chi connectivity index (χ0v) is 11.8. The van der Waals surface area contributed by atoms with Crippen LogP contribution in [0.2, 0.25) is 0 Å². The molecule has 0 rings (SSSR count). The highest BCUT2D eigenvalue weighted by Crippen LogP contribution is 2.24. The van der Waals surface area contributed by atoms with E-state index in [2.05, 4.69) is 5.32 Å². The lowest BCUT2D eigenvalue weighted by molar-refractivity contribution is 0.0478. The first-order chi connectivity index (χ1) is 7.10. The van der Waals surface area contributed by atoms with Gasteiger partial charge in [-0.3, -0.25) is 0 Å². The second-order valence-electron chi connectivity index (χ2n) is 5.06. The summed E-state index contributed by atoms with van der Waals surface area (Å²) in [6, 6.07) is -0.0837. The molecule has 0 fully saturated rings. The quantitative estimate of drug-likeness (QED) is 0.702. The van der Waals surface area contributed by atoms with E-state index in [4.69, 9.17) is 0 Å². The van der Waals surface area contributed by atoms with Gasteiger partial charge in [0.1, 0.15) is 9.84 Å². The van der Waals surface area contributed by atoms with E-state index in [0.29, 0.717) is 6.54 Å². The van der Waals surface area contributed by atoms with Gasteiger partial charge in [-0.25, -0.2) is 8.42 Å². The van der Waals surface area contributed by atoms with Crippen LogP contribution >= 0.6 is 0 Å². The van der Waals surface area contributed by atoms with Crippen LogP contribution < -0.4 is 5.32 Å². The number of rotatable bonds is 7. The van der Waals surface area contributed by atoms with Gasteiger partial charge < -0.3 is 10.4 Å². The minimum Gasteiger partial charge on any atom is -0.393 e. The Kier molecular flexibility index (Phi) is 5.93. The van der Waals surface area contributed by atoms with E-state index in [1.54, 1.807) is 6.92 Å². The van der Waals surface area contributed by atoms with Crippen LogP contribution in [0.1, 0.15) is 34.1 Å². The molecule has 0 aromatic rings. The lowest BCUT2D eigenvalue weighted by atomic mass is 9.82. The molecule has 3 unspecified atom stereocenters. The van der Waals surface area contributed by atoms with Crippen molar-refractivity contribution in [1.82, 2.24) is 5.32 Å². The minimum absolute atomic E-state index is 0.0837. The van der Waals surface area contributed by atoms with Gasteiger partial charge in [0.05, 0.1) is 11.9 Å². The van der Waals surface area contributed by atoms with E-state index in [0.717, 1.165) is 6.42 Å². The molecule has 0 aliphatic carbocycles. The van der Waals surface area contributed by atoms with Crippen LogP contribution in [0.15, 0.2) is 0 Å². The molecule has 0 heterocycles. The van der Waals surface area contributed by atoms with Gasteiger partial charge in [0.15, 0.2) is 0 Å². The average Bonchev–Trinajstić information content (AvgIpc) is 2.11. The predicted molar refractivity (Wildman–Crippen MR) is 67.3 cm³/mol. The van der Waals surface area contributed by atoms with Crippen molar-refractivity contribution in [2.45, 2.75) is 46.3 Å². The molecule has 0 aliphatic heterocycles. The molecule has 0 radical (unpaired) electrons. The van der Waals surface area contributed by atoms with E-state index in [9.17, 15) is 13.5 Å². The largest absolute Gasteiger partial charge is 0.393 e. The summed E-state index contributed by atoms with van der Waals surface area (Å²) in [7, 11) is -2.94. The number of hydrogen-bond donors (Lipinski definition) is 2. The van der Waals surface area contributed by atoms with Gasteiger partial charge in [-0.1, -0.05) is 13.8 Å². The molecule has 16 heavy (non-hydrogen) atoms. The molecular weight excluding hydrogens is 226 g/mol. The van der Waals surface area contributed by atoms with Gasteiger partial charge in [0.25, 0.3) is 0 Å². The predicted octanol–water partition coefficient (Wildman–Crippen LogP) is 0.806. The first-order valence-corrected chi connectivity index (χ1v) is 7.76. The highest BCUT2D eigenvalue weighted by Gasteiger charge is 2.28. The fourth-order valence-electron chi connectivity index (χ4n) is 1.49. The highest BCUT2D eigenvalue weighted by atomic mass is 32.2. The summed E-state index contributed by atoms with van der Waals surface area (Å²) in [5, 5.41) is 12.8. The van der Waals surface area contributed by atoms with Crippen LogP contribution in [0.4, 0.5) is 0 Å². The molecule has 0 bridgehead atoms. The van der Waals surface area contributed by atoms with Crippen molar-refractivity contribution >= 4 is 9.84 Å². The van der Waals surface area contributed by atoms with Crippen molar-refractivity contribution in [3.05, 3.63) is 0 Å². The lowest BCUT2D eigenvalue weighted by Gasteiger charge is -2.33. The highest BCUT2D eigenvalue weighted by molar-refractivity contribution is 7.90. The summed E-state index contributed by atoms with van der Waals surface area (Å²) in [6.45, 7) is 8.26. The minimum atomic E-state index is -2.94. The van der Waals surface area contributed by atoms with E-state index >= 15 is 0 Å². The van der Waals surface area contributed by atoms with Crippen LogP contribution in [0.25, 0.3) is 0 Å². The molecule has 5 heteroatoms. The molecule has 2 N–H and O–H groups in total. The maximum absolute atomic E-state index is 11.1. The van der Waals surface area contributed by atoms with Gasteiger partial charge in [-0.15, -0.1) is 0 Å². The molecule has 0 aromatic carbocycles. The normalized spacial score (nSPS) is 20.1. The first kappa shape index (κ1) is 15.9. The van der Waals surface area contributed by atoms with Crippen LogP contribution in [-0.4, -0.2) is 44.2 Å². The van der Waals surface area contributed by atoms with Crippen molar-refractivity contribution in [3.63, 3.8) is 0 Å². The lowest BCUT2D eigenvalue weighted by Crippen LogP contribution is -2.44. The monoisotopic (exact) mass is 251 g/mol. The fourth-order valence-corrected chi connectivity index (χ4v) is 2.51. The Balaban J connectivity index is 4.23. The van der Waals surface area contributed by atoms with E-state index < -0.39 is 15.9 Å². The summed E-state index contributed by atoms with van der Waals surface area (Å²) < 4.78 is 22.2. The smallest absolute Gasteiger partial charge is 0.148 e. The van der Waals surface area contributed by atoms with Crippen LogP contribution in [0.3, 0.4) is 0 Å². The third-order valence-electron chi connectivity index (χ3n) is 3.22. The van der Waals surface area contributed by atoms with Crippen LogP contribution in [0.5, 0.6) is 0 Å². The van der Waals surface area contributed by atoms with Gasteiger partial charge in [0.2, 0.25) is 0 Å². The van der Waals surface area contributed by atoms with E-state index in [-0.39, 0.29) is 17.2 Å². The van der Waals surface area contributed by atoms with Crippen LogP contribution in [-0.2, 0) is 9.84 Å². The zero-order valence-electron chi connectivity index (χ0n) is 10.9. The third-order valence-corrected chi connectivity index (χ3v) is 4.33. The Morgan fingerprint density at radius 3 is 2.19 bits per heavy atom. The Labute approximate surface area is 99.4 Å². The average molecular weight is 251 g/mol. The molecule has 0 amide bonds. The van der Waals surface area contributed by atoms with Crippen molar-refractivity contribution in [2.75, 3.05) is 18.6 Å². The number of hydrogen-bond acceptors (Lipinski definition) is 4. The van der Waals surface area contributed by atoms with Gasteiger partial charge in [-0.05, 0) is 20.3 Å². The summed E-state index contributed by atoms with van der Waals surface area (Å²) >= 11 is 0. The van der Waals surface area contributed by atoms with Crippen molar-refractivity contribution in [1.29, 1.82) is 0 Å². The molecular formula is C11H25NO3S. The Morgan fingerprint density at radius 1 is 1.38 bits per heavy atom. The van der Waals surface area contributed by atoms with Crippen LogP contribution in [0, 0.1) is 5.41 Å². The summed E-state index contributed by atoms with van der Waals surface area (Å²) in [4.78, 5) is 0. The Bertz CT molecular complexity index is 300. The second kappa shape index (κ2) is 5.98. The standard InChI is InChI=1S/C11H25NO3S/c1-6-11(4,10(3)13)8-12-9(2)7-16(5,14)15/h9-10,12-13H,6-8H2,1-5H3. The molecule has 4 nitrogen and oxygen atoms in total. The molecule has 0 aromatic heterocycles. The second-order valence-corrected chi connectivity index (χ2v) is 7.24. The summed E-state index contributed by atoms with van der Waals surface area (Å²) in [5.41, 5.74) is -0.203. The molecule has 98 valence electrons. The van der Waals surface area contributed by atoms with Crippen molar-refractivity contribution in [3.8, 4) is 0 Å². The zero-order chi connectivity index (χ0) is 13.0. The number of sulfone groups is 1. The van der Waals surface area contributed by atoms with Gasteiger partial charge in [-0.2, -0.15) is 0 Å². The summed E-state index contributed by atoms with van der Waals surface area (Å²) in [5.74, 6) is 0.132. The van der Waals surface area contributed by atoms with Gasteiger partial charge >= 0.3 is 0 Å². The summed E-state index contributed by atoms with van der Waals surface area (Å²) in [6.07, 6.45) is 1.68. The Hall–Kier alpha value is -0.130. The van der Waals surface area contributed by atoms with Crippen molar-refractivity contribution in [2.24, 2.45) is 5.41 Å². The molecule has 0 saturated heterocycles. The molecule has 0 saturated carbocycles. The number of nitrogens with one attached hydrogen (secondary N) is 1. The topological polar surface area (TPSA) is 66.4 Å². The van der Waals surface area contributed by atoms with Crippen molar-refractivity contribution < 1.29 is 13.5 Å². The third kappa shape index (κ3) is 5.82. The van der Waals surface area contributed by atoms with E-state index in [1.807, 2.05) is 20.8 Å². The first-order valence-electron chi connectivity index (χ1n) is 5.70. The maximum Gasteiger partial charge on any atom is 0.148 e.